The van der Waals surface area contributed by atoms with Crippen LogP contribution in [0.3, 0.4) is 0 Å². The average molecular weight is 393 g/mol. The summed E-state index contributed by atoms with van der Waals surface area (Å²) in [5, 5.41) is 6.56. The van der Waals surface area contributed by atoms with E-state index in [4.69, 9.17) is 4.74 Å². The van der Waals surface area contributed by atoms with Crippen LogP contribution in [0.5, 0.6) is 5.75 Å². The fourth-order valence-corrected chi connectivity index (χ4v) is 3.98. The van der Waals surface area contributed by atoms with Gasteiger partial charge in [-0.2, -0.15) is 0 Å². The molecule has 1 unspecified atom stereocenters. The van der Waals surface area contributed by atoms with Gasteiger partial charge in [0.2, 0.25) is 0 Å². The molecule has 2 heterocycles. The zero-order chi connectivity index (χ0) is 19.7. The first kappa shape index (κ1) is 18.2. The molecule has 142 valence electrons. The number of aromatic nitrogens is 1. The quantitative estimate of drug-likeness (QED) is 0.702. The molecule has 0 bridgehead atoms. The molecule has 1 aliphatic heterocycles. The molecule has 2 N–H and O–H groups in total. The van der Waals surface area contributed by atoms with Crippen molar-refractivity contribution in [1.29, 1.82) is 0 Å². The van der Waals surface area contributed by atoms with Gasteiger partial charge < -0.3 is 15.4 Å². The van der Waals surface area contributed by atoms with E-state index >= 15 is 0 Å². The van der Waals surface area contributed by atoms with Crippen molar-refractivity contribution in [2.45, 2.75) is 26.4 Å². The lowest BCUT2D eigenvalue weighted by atomic mass is 10.2. The molecule has 0 fully saturated rings. The number of aryl methyl sites for hydroxylation is 1. The van der Waals surface area contributed by atoms with Crippen LogP contribution in [0.1, 0.15) is 32.9 Å². The summed E-state index contributed by atoms with van der Waals surface area (Å²) in [5.41, 5.74) is 2.99. The van der Waals surface area contributed by atoms with E-state index in [0.717, 1.165) is 10.6 Å². The number of anilines is 2. The Bertz CT molecular complexity index is 1050. The van der Waals surface area contributed by atoms with E-state index in [9.17, 15) is 9.59 Å². The van der Waals surface area contributed by atoms with Crippen molar-refractivity contribution in [3.8, 4) is 5.75 Å². The van der Waals surface area contributed by atoms with E-state index < -0.39 is 6.10 Å². The second-order valence-electron chi connectivity index (χ2n) is 6.60. The van der Waals surface area contributed by atoms with Gasteiger partial charge in [0.25, 0.3) is 11.8 Å². The Kier molecular flexibility index (Phi) is 4.83. The maximum atomic E-state index is 12.7. The number of hydrogen-bond acceptors (Lipinski definition) is 5. The fourth-order valence-electron chi connectivity index (χ4n) is 2.98. The van der Waals surface area contributed by atoms with Gasteiger partial charge in [-0.3, -0.25) is 9.59 Å². The molecule has 3 aromatic rings. The van der Waals surface area contributed by atoms with Gasteiger partial charge >= 0.3 is 0 Å². The smallest absolute Gasteiger partial charge is 0.267 e. The third-order valence-electron chi connectivity index (χ3n) is 4.41. The molecule has 28 heavy (non-hydrogen) atoms. The number of amides is 2. The van der Waals surface area contributed by atoms with Crippen LogP contribution in [0.15, 0.2) is 48.5 Å². The van der Waals surface area contributed by atoms with Crippen molar-refractivity contribution < 1.29 is 14.3 Å². The van der Waals surface area contributed by atoms with Gasteiger partial charge in [-0.05, 0) is 37.6 Å². The minimum Gasteiger partial charge on any atom is -0.479 e. The summed E-state index contributed by atoms with van der Waals surface area (Å²) in [5.74, 6) is 0.162. The van der Waals surface area contributed by atoms with Crippen LogP contribution < -0.4 is 15.4 Å². The number of hydrogen-bond donors (Lipinski definition) is 2. The molecule has 0 radical (unpaired) electrons. The molecule has 7 heteroatoms. The average Bonchev–Trinajstić information content (AvgIpc) is 3.04. The fraction of sp³-hybridized carbons (Fsp3) is 0.190. The molecule has 6 nitrogen and oxygen atoms in total. The number of fused-ring (bicyclic) bond motifs is 1. The minimum absolute atomic E-state index is 0.208. The highest BCUT2D eigenvalue weighted by Gasteiger charge is 2.24. The number of carbonyl (C=O) groups excluding carboxylic acids is 2. The molecular formula is C21H19N3O3S. The van der Waals surface area contributed by atoms with Gasteiger partial charge in [-0.15, -0.1) is 11.3 Å². The lowest BCUT2D eigenvalue weighted by molar-refractivity contribution is -0.122. The second-order valence-corrected chi connectivity index (χ2v) is 7.68. The van der Waals surface area contributed by atoms with Crippen molar-refractivity contribution in [1.82, 2.24) is 4.98 Å². The summed E-state index contributed by atoms with van der Waals surface area (Å²) in [6.07, 6.45) is 0.163. The summed E-state index contributed by atoms with van der Waals surface area (Å²) in [4.78, 5) is 29.6. The van der Waals surface area contributed by atoms with E-state index in [0.29, 0.717) is 34.1 Å². The van der Waals surface area contributed by atoms with E-state index in [1.807, 2.05) is 37.3 Å². The SMILES string of the molecule is Cc1nc(Cc2ccccc2)sc1C(=O)Nc1ccc2c(c1)NC(=O)C(C)O2. The Morgan fingerprint density at radius 3 is 2.82 bits per heavy atom. The summed E-state index contributed by atoms with van der Waals surface area (Å²) in [6, 6.07) is 15.2. The highest BCUT2D eigenvalue weighted by atomic mass is 32.1. The van der Waals surface area contributed by atoms with Crippen molar-refractivity contribution in [3.63, 3.8) is 0 Å². The topological polar surface area (TPSA) is 80.3 Å². The number of nitrogens with zero attached hydrogens (tertiary/aromatic N) is 1. The number of rotatable bonds is 4. The second kappa shape index (κ2) is 7.44. The van der Waals surface area contributed by atoms with E-state index in [1.54, 1.807) is 25.1 Å². The molecule has 0 spiro atoms. The zero-order valence-corrected chi connectivity index (χ0v) is 16.3. The number of benzene rings is 2. The molecule has 0 aliphatic carbocycles. The largest absolute Gasteiger partial charge is 0.479 e. The van der Waals surface area contributed by atoms with E-state index in [2.05, 4.69) is 15.6 Å². The molecule has 0 saturated heterocycles. The van der Waals surface area contributed by atoms with Gasteiger partial charge in [0.1, 0.15) is 10.6 Å². The third kappa shape index (κ3) is 3.75. The molecular weight excluding hydrogens is 374 g/mol. The zero-order valence-electron chi connectivity index (χ0n) is 15.5. The van der Waals surface area contributed by atoms with Gasteiger partial charge in [0, 0.05) is 12.1 Å². The van der Waals surface area contributed by atoms with Crippen LogP contribution in [0.2, 0.25) is 0 Å². The van der Waals surface area contributed by atoms with Crippen LogP contribution in [-0.2, 0) is 11.2 Å². The van der Waals surface area contributed by atoms with Gasteiger partial charge in [0.15, 0.2) is 6.10 Å². The molecule has 0 saturated carbocycles. The Labute approximate surface area is 166 Å². The van der Waals surface area contributed by atoms with Gasteiger partial charge in [0.05, 0.1) is 16.4 Å². The van der Waals surface area contributed by atoms with Crippen molar-refractivity contribution >= 4 is 34.5 Å². The van der Waals surface area contributed by atoms with Crippen molar-refractivity contribution in [2.24, 2.45) is 0 Å². The summed E-state index contributed by atoms with van der Waals surface area (Å²) < 4.78 is 5.54. The molecule has 2 aromatic carbocycles. The first-order valence-electron chi connectivity index (χ1n) is 8.93. The number of carbonyl (C=O) groups is 2. The van der Waals surface area contributed by atoms with Gasteiger partial charge in [-0.1, -0.05) is 30.3 Å². The van der Waals surface area contributed by atoms with Gasteiger partial charge in [-0.25, -0.2) is 4.98 Å². The standard InChI is InChI=1S/C21H19N3O3S/c1-12-19(28-18(22-12)10-14-6-4-3-5-7-14)21(26)23-15-8-9-17-16(11-15)24-20(25)13(2)27-17/h3-9,11,13H,10H2,1-2H3,(H,23,26)(H,24,25). The van der Waals surface area contributed by atoms with Crippen LogP contribution in [0.4, 0.5) is 11.4 Å². The summed E-state index contributed by atoms with van der Waals surface area (Å²) in [7, 11) is 0. The first-order chi connectivity index (χ1) is 13.5. The normalized spacial score (nSPS) is 15.4. The molecule has 1 aliphatic rings. The molecule has 2 amide bonds. The number of ether oxygens (including phenoxy) is 1. The van der Waals surface area contributed by atoms with Crippen molar-refractivity contribution in [3.05, 3.63) is 69.7 Å². The molecule has 1 atom stereocenters. The third-order valence-corrected chi connectivity index (χ3v) is 5.57. The maximum Gasteiger partial charge on any atom is 0.267 e. The Hall–Kier alpha value is -3.19. The molecule has 1 aromatic heterocycles. The Morgan fingerprint density at radius 1 is 1.25 bits per heavy atom. The summed E-state index contributed by atoms with van der Waals surface area (Å²) in [6.45, 7) is 3.52. The minimum atomic E-state index is -0.532. The Morgan fingerprint density at radius 2 is 2.04 bits per heavy atom. The van der Waals surface area contributed by atoms with Crippen molar-refractivity contribution in [2.75, 3.05) is 10.6 Å². The lowest BCUT2D eigenvalue weighted by Crippen LogP contribution is -2.34. The lowest BCUT2D eigenvalue weighted by Gasteiger charge is -2.23. The predicted octanol–water partition coefficient (Wildman–Crippen LogP) is 4.01. The highest BCUT2D eigenvalue weighted by molar-refractivity contribution is 7.14. The van der Waals surface area contributed by atoms with E-state index in [-0.39, 0.29) is 11.8 Å². The molecule has 4 rings (SSSR count). The van der Waals surface area contributed by atoms with Crippen LogP contribution in [0, 0.1) is 6.92 Å². The van der Waals surface area contributed by atoms with Crippen LogP contribution in [0.25, 0.3) is 0 Å². The number of thiazole rings is 1. The maximum absolute atomic E-state index is 12.7. The summed E-state index contributed by atoms with van der Waals surface area (Å²) >= 11 is 1.39. The first-order valence-corrected chi connectivity index (χ1v) is 9.74. The monoisotopic (exact) mass is 393 g/mol. The Balaban J connectivity index is 1.50. The predicted molar refractivity (Wildman–Crippen MR) is 109 cm³/mol. The van der Waals surface area contributed by atoms with E-state index in [1.165, 1.54) is 11.3 Å². The van der Waals surface area contributed by atoms with Crippen LogP contribution in [-0.4, -0.2) is 22.9 Å². The van der Waals surface area contributed by atoms with Crippen LogP contribution >= 0.6 is 11.3 Å². The number of nitrogens with one attached hydrogen (secondary N) is 2. The highest BCUT2D eigenvalue weighted by Crippen LogP contribution is 2.32.